The number of hydrogen-bond donors (Lipinski definition) is 2. The summed E-state index contributed by atoms with van der Waals surface area (Å²) in [5.41, 5.74) is 0.925. The lowest BCUT2D eigenvalue weighted by Crippen LogP contribution is -2.48. The van der Waals surface area contributed by atoms with E-state index >= 15 is 0 Å². The maximum atomic E-state index is 5.86. The molecule has 136 valence electrons. The maximum absolute atomic E-state index is 5.86. The van der Waals surface area contributed by atoms with Gasteiger partial charge in [-0.1, -0.05) is 25.1 Å². The van der Waals surface area contributed by atoms with Crippen molar-refractivity contribution in [3.05, 3.63) is 36.1 Å². The molecule has 5 nitrogen and oxygen atoms in total. The van der Waals surface area contributed by atoms with Gasteiger partial charge in [-0.2, -0.15) is 0 Å². The van der Waals surface area contributed by atoms with Crippen LogP contribution in [0.3, 0.4) is 0 Å². The first-order valence-electron chi connectivity index (χ1n) is 9.53. The Labute approximate surface area is 150 Å². The van der Waals surface area contributed by atoms with Gasteiger partial charge in [-0.15, -0.1) is 0 Å². The molecule has 25 heavy (non-hydrogen) atoms. The zero-order chi connectivity index (χ0) is 17.5. The number of para-hydroxylation sites is 1. The van der Waals surface area contributed by atoms with Gasteiger partial charge in [0.2, 0.25) is 0 Å². The van der Waals surface area contributed by atoms with Gasteiger partial charge in [-0.3, -0.25) is 0 Å². The molecule has 5 heteroatoms. The Morgan fingerprint density at radius 3 is 2.76 bits per heavy atom. The minimum atomic E-state index is 0.501. The Kier molecular flexibility index (Phi) is 6.34. The molecule has 0 atom stereocenters. The summed E-state index contributed by atoms with van der Waals surface area (Å²) >= 11 is 0. The van der Waals surface area contributed by atoms with Crippen LogP contribution in [0.4, 0.5) is 0 Å². The topological polar surface area (TPSA) is 52.8 Å². The molecular weight excluding hydrogens is 312 g/mol. The largest absolute Gasteiger partial charge is 0.459 e. The van der Waals surface area contributed by atoms with Gasteiger partial charge in [0, 0.05) is 31.1 Å². The molecule has 0 aliphatic carbocycles. The van der Waals surface area contributed by atoms with Gasteiger partial charge in [-0.05, 0) is 44.9 Å². The van der Waals surface area contributed by atoms with Crippen LogP contribution in [-0.2, 0) is 6.54 Å². The van der Waals surface area contributed by atoms with E-state index < -0.39 is 0 Å². The predicted octanol–water partition coefficient (Wildman–Crippen LogP) is 3.36. The normalized spacial score (nSPS) is 17.1. The number of nitrogens with zero attached hydrogens (tertiary/aromatic N) is 2. The molecule has 2 N–H and O–H groups in total. The van der Waals surface area contributed by atoms with Crippen molar-refractivity contribution in [2.75, 3.05) is 26.2 Å². The molecule has 1 saturated heterocycles. The molecule has 0 saturated carbocycles. The molecule has 0 amide bonds. The second-order valence-electron chi connectivity index (χ2n) is 6.71. The Morgan fingerprint density at radius 1 is 1.24 bits per heavy atom. The molecule has 3 rings (SSSR count). The number of aliphatic imine (C=N–C) groups is 1. The van der Waals surface area contributed by atoms with E-state index in [4.69, 9.17) is 9.41 Å². The zero-order valence-corrected chi connectivity index (χ0v) is 15.4. The standard InChI is InChI=1S/C20H30N4O/c1-3-11-24-12-9-17(10-13-24)23-20(21-4-2)22-15-18-14-16-7-5-6-8-19(16)25-18/h5-8,14,17H,3-4,9-13,15H2,1-2H3,(H2,21,22,23). The lowest BCUT2D eigenvalue weighted by Gasteiger charge is -2.32. The number of furan rings is 1. The first kappa shape index (κ1) is 17.8. The number of guanidine groups is 1. The van der Waals surface area contributed by atoms with Gasteiger partial charge in [0.25, 0.3) is 0 Å². The first-order valence-corrected chi connectivity index (χ1v) is 9.53. The average molecular weight is 342 g/mol. The van der Waals surface area contributed by atoms with Gasteiger partial charge in [0.05, 0.1) is 0 Å². The summed E-state index contributed by atoms with van der Waals surface area (Å²) in [5.74, 6) is 1.79. The minimum Gasteiger partial charge on any atom is -0.459 e. The Bertz CT molecular complexity index is 653. The fourth-order valence-electron chi connectivity index (χ4n) is 3.40. The zero-order valence-electron chi connectivity index (χ0n) is 15.4. The highest BCUT2D eigenvalue weighted by molar-refractivity contribution is 5.80. The number of fused-ring (bicyclic) bond motifs is 1. The van der Waals surface area contributed by atoms with E-state index in [1.54, 1.807) is 0 Å². The highest BCUT2D eigenvalue weighted by Gasteiger charge is 2.19. The number of hydrogen-bond acceptors (Lipinski definition) is 3. The van der Waals surface area contributed by atoms with Crippen LogP contribution in [0.1, 0.15) is 38.9 Å². The number of rotatable bonds is 6. The predicted molar refractivity (Wildman–Crippen MR) is 104 cm³/mol. The van der Waals surface area contributed by atoms with Crippen molar-refractivity contribution in [2.24, 2.45) is 4.99 Å². The number of likely N-dealkylation sites (tertiary alicyclic amines) is 1. The second-order valence-corrected chi connectivity index (χ2v) is 6.71. The molecule has 1 aromatic heterocycles. The maximum Gasteiger partial charge on any atom is 0.191 e. The summed E-state index contributed by atoms with van der Waals surface area (Å²) in [5, 5.41) is 8.08. The molecule has 0 unspecified atom stereocenters. The van der Waals surface area contributed by atoms with Gasteiger partial charge in [-0.25, -0.2) is 4.99 Å². The van der Waals surface area contributed by atoms with Crippen LogP contribution in [0.15, 0.2) is 39.7 Å². The van der Waals surface area contributed by atoms with Crippen molar-refractivity contribution in [1.29, 1.82) is 0 Å². The summed E-state index contributed by atoms with van der Waals surface area (Å²) < 4.78 is 5.86. The number of nitrogens with one attached hydrogen (secondary N) is 2. The van der Waals surface area contributed by atoms with Crippen molar-refractivity contribution in [1.82, 2.24) is 15.5 Å². The van der Waals surface area contributed by atoms with Crippen molar-refractivity contribution in [3.63, 3.8) is 0 Å². The van der Waals surface area contributed by atoms with Gasteiger partial charge < -0.3 is 20.0 Å². The second kappa shape index (κ2) is 8.90. The van der Waals surface area contributed by atoms with Crippen LogP contribution >= 0.6 is 0 Å². The van der Waals surface area contributed by atoms with Gasteiger partial charge in [0.1, 0.15) is 17.9 Å². The first-order chi connectivity index (χ1) is 12.3. The van der Waals surface area contributed by atoms with E-state index in [2.05, 4.69) is 41.5 Å². The molecule has 1 fully saturated rings. The molecular formula is C20H30N4O. The summed E-state index contributed by atoms with van der Waals surface area (Å²) in [6, 6.07) is 10.7. The highest BCUT2D eigenvalue weighted by Crippen LogP contribution is 2.19. The van der Waals surface area contributed by atoms with E-state index in [-0.39, 0.29) is 0 Å². The Hall–Kier alpha value is -2.01. The number of benzene rings is 1. The Morgan fingerprint density at radius 2 is 2.04 bits per heavy atom. The van der Waals surface area contributed by atoms with E-state index in [9.17, 15) is 0 Å². The third-order valence-electron chi connectivity index (χ3n) is 4.68. The average Bonchev–Trinajstić information content (AvgIpc) is 3.05. The summed E-state index contributed by atoms with van der Waals surface area (Å²) in [7, 11) is 0. The monoisotopic (exact) mass is 342 g/mol. The quantitative estimate of drug-likeness (QED) is 0.624. The number of piperidine rings is 1. The highest BCUT2D eigenvalue weighted by atomic mass is 16.3. The Balaban J connectivity index is 1.57. The van der Waals surface area contributed by atoms with E-state index in [0.717, 1.165) is 29.2 Å². The van der Waals surface area contributed by atoms with Crippen LogP contribution in [0.25, 0.3) is 11.0 Å². The molecule has 1 aliphatic rings. The van der Waals surface area contributed by atoms with E-state index in [1.807, 2.05) is 18.2 Å². The summed E-state index contributed by atoms with van der Waals surface area (Å²) in [6.45, 7) is 9.33. The van der Waals surface area contributed by atoms with Gasteiger partial charge in [0.15, 0.2) is 5.96 Å². The van der Waals surface area contributed by atoms with Crippen LogP contribution in [-0.4, -0.2) is 43.1 Å². The molecule has 0 radical (unpaired) electrons. The van der Waals surface area contributed by atoms with E-state index in [0.29, 0.717) is 12.6 Å². The SMILES string of the molecule is CCCN1CCC(NC(=NCc2cc3ccccc3o2)NCC)CC1. The van der Waals surface area contributed by atoms with Crippen LogP contribution < -0.4 is 10.6 Å². The lowest BCUT2D eigenvalue weighted by molar-refractivity contribution is 0.206. The fourth-order valence-corrected chi connectivity index (χ4v) is 3.40. The van der Waals surface area contributed by atoms with Crippen LogP contribution in [0.5, 0.6) is 0 Å². The fraction of sp³-hybridized carbons (Fsp3) is 0.550. The molecule has 1 aliphatic heterocycles. The van der Waals surface area contributed by atoms with Crippen molar-refractivity contribution < 1.29 is 4.42 Å². The smallest absolute Gasteiger partial charge is 0.191 e. The van der Waals surface area contributed by atoms with Gasteiger partial charge >= 0.3 is 0 Å². The van der Waals surface area contributed by atoms with Crippen LogP contribution in [0.2, 0.25) is 0 Å². The molecule has 1 aromatic carbocycles. The molecule has 2 heterocycles. The summed E-state index contributed by atoms with van der Waals surface area (Å²) in [4.78, 5) is 7.27. The third kappa shape index (κ3) is 4.98. The van der Waals surface area contributed by atoms with Crippen molar-refractivity contribution in [3.8, 4) is 0 Å². The van der Waals surface area contributed by atoms with Crippen molar-refractivity contribution >= 4 is 16.9 Å². The minimum absolute atomic E-state index is 0.501. The van der Waals surface area contributed by atoms with Crippen molar-refractivity contribution in [2.45, 2.75) is 45.7 Å². The van der Waals surface area contributed by atoms with Crippen LogP contribution in [0, 0.1) is 0 Å². The third-order valence-corrected chi connectivity index (χ3v) is 4.68. The summed E-state index contributed by atoms with van der Waals surface area (Å²) in [6.07, 6.45) is 3.59. The lowest BCUT2D eigenvalue weighted by atomic mass is 10.1. The molecule has 0 bridgehead atoms. The molecule has 0 spiro atoms. The molecule has 2 aromatic rings. The van der Waals surface area contributed by atoms with E-state index in [1.165, 1.54) is 38.9 Å².